The van der Waals surface area contributed by atoms with Crippen molar-refractivity contribution in [3.05, 3.63) is 59.7 Å². The molecule has 2 atom stereocenters. The normalized spacial score (nSPS) is 28.8. The van der Waals surface area contributed by atoms with Crippen LogP contribution in [-0.2, 0) is 5.54 Å². The van der Waals surface area contributed by atoms with Gasteiger partial charge in [-0.25, -0.2) is 8.78 Å². The van der Waals surface area contributed by atoms with E-state index in [0.717, 1.165) is 29.8 Å². The summed E-state index contributed by atoms with van der Waals surface area (Å²) in [6.07, 6.45) is 5.70. The lowest BCUT2D eigenvalue weighted by atomic mass is 9.48. The maximum absolute atomic E-state index is 14.0. The number of hydrogen-bond donors (Lipinski definition) is 2. The number of rotatable bonds is 2. The molecule has 0 bridgehead atoms. The molecule has 1 aliphatic heterocycles. The number of nitrogens with one attached hydrogen (secondary N) is 2. The van der Waals surface area contributed by atoms with Gasteiger partial charge in [-0.2, -0.15) is 0 Å². The Balaban J connectivity index is 1.62. The molecule has 2 saturated carbocycles. The van der Waals surface area contributed by atoms with Gasteiger partial charge in [0.25, 0.3) is 0 Å². The Morgan fingerprint density at radius 1 is 0.958 bits per heavy atom. The van der Waals surface area contributed by atoms with Crippen LogP contribution in [0.2, 0.25) is 0 Å². The second kappa shape index (κ2) is 4.71. The van der Waals surface area contributed by atoms with E-state index in [-0.39, 0.29) is 22.7 Å². The van der Waals surface area contributed by atoms with Gasteiger partial charge in [-0.05, 0) is 74.6 Å². The highest BCUT2D eigenvalue weighted by Crippen LogP contribution is 2.63. The maximum Gasteiger partial charge on any atom is 0.123 e. The summed E-state index contributed by atoms with van der Waals surface area (Å²) in [6.45, 7) is 0. The van der Waals surface area contributed by atoms with Gasteiger partial charge in [0.15, 0.2) is 0 Å². The molecule has 2 unspecified atom stereocenters. The molecule has 2 N–H and O–H groups in total. The molecule has 0 saturated heterocycles. The van der Waals surface area contributed by atoms with Crippen molar-refractivity contribution in [3.8, 4) is 0 Å². The summed E-state index contributed by atoms with van der Waals surface area (Å²) in [5.41, 5.74) is 2.84. The first-order chi connectivity index (χ1) is 11.6. The van der Waals surface area contributed by atoms with E-state index < -0.39 is 0 Å². The molecule has 1 spiro atoms. The number of anilines is 2. The molecule has 2 fully saturated rings. The fraction of sp³-hybridized carbons (Fsp3) is 0.400. The summed E-state index contributed by atoms with van der Waals surface area (Å²) < 4.78 is 27.2. The summed E-state index contributed by atoms with van der Waals surface area (Å²) >= 11 is 0. The fourth-order valence-electron chi connectivity index (χ4n) is 5.04. The Bertz CT molecular complexity index is 798. The van der Waals surface area contributed by atoms with Gasteiger partial charge in [-0.15, -0.1) is 0 Å². The molecular weight excluding hydrogens is 306 g/mol. The van der Waals surface area contributed by atoms with E-state index in [2.05, 4.69) is 10.6 Å². The third-order valence-corrected chi connectivity index (χ3v) is 6.39. The van der Waals surface area contributed by atoms with Crippen LogP contribution < -0.4 is 10.6 Å². The number of hydrogen-bond acceptors (Lipinski definition) is 2. The summed E-state index contributed by atoms with van der Waals surface area (Å²) in [7, 11) is 0. The zero-order chi connectivity index (χ0) is 16.4. The average molecular weight is 326 g/mol. The topological polar surface area (TPSA) is 24.1 Å². The van der Waals surface area contributed by atoms with Gasteiger partial charge in [-0.3, -0.25) is 0 Å². The minimum atomic E-state index is -0.249. The Kier molecular flexibility index (Phi) is 2.80. The molecule has 0 radical (unpaired) electrons. The van der Waals surface area contributed by atoms with Crippen molar-refractivity contribution in [1.29, 1.82) is 0 Å². The van der Waals surface area contributed by atoms with E-state index in [0.29, 0.717) is 5.92 Å². The van der Waals surface area contributed by atoms with E-state index >= 15 is 0 Å². The van der Waals surface area contributed by atoms with Crippen molar-refractivity contribution in [2.75, 3.05) is 10.6 Å². The van der Waals surface area contributed by atoms with Crippen molar-refractivity contribution >= 4 is 11.4 Å². The number of halogens is 2. The maximum atomic E-state index is 14.0. The van der Waals surface area contributed by atoms with E-state index in [1.165, 1.54) is 37.5 Å². The SMILES string of the molecule is Fc1ccc(NC23CCC2C2(CCC2)Nc2ccc(F)cc23)cc1. The molecule has 24 heavy (non-hydrogen) atoms. The van der Waals surface area contributed by atoms with Gasteiger partial charge in [0.1, 0.15) is 11.6 Å². The zero-order valence-electron chi connectivity index (χ0n) is 13.4. The van der Waals surface area contributed by atoms with Crippen LogP contribution in [0.5, 0.6) is 0 Å². The van der Waals surface area contributed by atoms with E-state index in [1.54, 1.807) is 18.2 Å². The third-order valence-electron chi connectivity index (χ3n) is 6.39. The number of benzene rings is 2. The van der Waals surface area contributed by atoms with Crippen LogP contribution in [0, 0.1) is 17.6 Å². The molecule has 2 nitrogen and oxygen atoms in total. The smallest absolute Gasteiger partial charge is 0.123 e. The molecule has 2 aromatic rings. The van der Waals surface area contributed by atoms with Crippen molar-refractivity contribution in [1.82, 2.24) is 0 Å². The van der Waals surface area contributed by atoms with E-state index in [4.69, 9.17) is 0 Å². The predicted molar refractivity (Wildman–Crippen MR) is 91.0 cm³/mol. The Hall–Kier alpha value is -2.10. The van der Waals surface area contributed by atoms with Crippen LogP contribution in [-0.4, -0.2) is 5.54 Å². The second-order valence-corrected chi connectivity index (χ2v) is 7.52. The van der Waals surface area contributed by atoms with E-state index in [9.17, 15) is 8.78 Å². The summed E-state index contributed by atoms with van der Waals surface area (Å²) in [5.74, 6) is -0.000397. The van der Waals surface area contributed by atoms with Crippen LogP contribution in [0.25, 0.3) is 0 Å². The second-order valence-electron chi connectivity index (χ2n) is 7.52. The lowest BCUT2D eigenvalue weighted by Crippen LogP contribution is -2.68. The lowest BCUT2D eigenvalue weighted by molar-refractivity contribution is 0.0195. The van der Waals surface area contributed by atoms with Gasteiger partial charge in [0.05, 0.1) is 5.54 Å². The molecule has 2 aromatic carbocycles. The Morgan fingerprint density at radius 2 is 1.71 bits per heavy atom. The molecule has 3 aliphatic rings. The van der Waals surface area contributed by atoms with Gasteiger partial charge in [0.2, 0.25) is 0 Å². The number of fused-ring (bicyclic) bond motifs is 4. The quantitative estimate of drug-likeness (QED) is 0.809. The molecule has 5 rings (SSSR count). The minimum Gasteiger partial charge on any atom is -0.379 e. The first kappa shape index (κ1) is 14.3. The third kappa shape index (κ3) is 1.80. The Morgan fingerprint density at radius 3 is 2.33 bits per heavy atom. The van der Waals surface area contributed by atoms with Crippen LogP contribution in [0.1, 0.15) is 37.7 Å². The fourth-order valence-corrected chi connectivity index (χ4v) is 5.04. The molecule has 4 heteroatoms. The molecule has 1 heterocycles. The predicted octanol–water partition coefficient (Wildman–Crippen LogP) is 5.03. The van der Waals surface area contributed by atoms with Crippen molar-refractivity contribution in [3.63, 3.8) is 0 Å². The van der Waals surface area contributed by atoms with Gasteiger partial charge in [-0.1, -0.05) is 0 Å². The highest BCUT2D eigenvalue weighted by molar-refractivity contribution is 5.65. The largest absolute Gasteiger partial charge is 0.379 e. The standard InChI is InChI=1S/C20H20F2N2/c21-13-2-5-15(6-3-13)23-20-11-8-18(20)19(9-1-10-19)24-17-7-4-14(22)12-16(17)20/h2-7,12,18,23-24H,1,8-11H2. The van der Waals surface area contributed by atoms with Crippen molar-refractivity contribution in [2.45, 2.75) is 43.2 Å². The summed E-state index contributed by atoms with van der Waals surface area (Å²) in [5, 5.41) is 7.38. The first-order valence-electron chi connectivity index (χ1n) is 8.73. The van der Waals surface area contributed by atoms with Crippen molar-refractivity contribution in [2.24, 2.45) is 5.92 Å². The van der Waals surface area contributed by atoms with Crippen LogP contribution >= 0.6 is 0 Å². The average Bonchev–Trinajstić information content (AvgIpc) is 2.52. The van der Waals surface area contributed by atoms with Gasteiger partial charge in [0, 0.05) is 28.4 Å². The van der Waals surface area contributed by atoms with Gasteiger partial charge >= 0.3 is 0 Å². The Labute approximate surface area is 140 Å². The van der Waals surface area contributed by atoms with Crippen LogP contribution in [0.3, 0.4) is 0 Å². The molecular formula is C20H20F2N2. The summed E-state index contributed by atoms with van der Waals surface area (Å²) in [4.78, 5) is 0. The minimum absolute atomic E-state index is 0.135. The van der Waals surface area contributed by atoms with Crippen LogP contribution in [0.4, 0.5) is 20.2 Å². The molecule has 0 amide bonds. The van der Waals surface area contributed by atoms with Crippen molar-refractivity contribution < 1.29 is 8.78 Å². The van der Waals surface area contributed by atoms with E-state index in [1.807, 2.05) is 6.07 Å². The van der Waals surface area contributed by atoms with Crippen LogP contribution in [0.15, 0.2) is 42.5 Å². The highest BCUT2D eigenvalue weighted by atomic mass is 19.1. The molecule has 0 aromatic heterocycles. The first-order valence-corrected chi connectivity index (χ1v) is 8.73. The monoisotopic (exact) mass is 326 g/mol. The highest BCUT2D eigenvalue weighted by Gasteiger charge is 2.63. The van der Waals surface area contributed by atoms with Gasteiger partial charge < -0.3 is 10.6 Å². The summed E-state index contributed by atoms with van der Waals surface area (Å²) in [6, 6.07) is 11.5. The molecule has 124 valence electrons. The molecule has 2 aliphatic carbocycles. The zero-order valence-corrected chi connectivity index (χ0v) is 13.4. The lowest BCUT2D eigenvalue weighted by Gasteiger charge is -2.65.